The van der Waals surface area contributed by atoms with Crippen LogP contribution in [0.5, 0.6) is 0 Å². The van der Waals surface area contributed by atoms with Crippen molar-refractivity contribution in [2.24, 2.45) is 0 Å². The molecule has 0 saturated heterocycles. The van der Waals surface area contributed by atoms with Gasteiger partial charge in [0.1, 0.15) is 18.0 Å². The first-order valence-electron chi connectivity index (χ1n) is 7.09. The maximum absolute atomic E-state index is 13.0. The van der Waals surface area contributed by atoms with Crippen molar-refractivity contribution < 1.29 is 4.39 Å². The minimum atomic E-state index is -0.208. The number of fused-ring (bicyclic) bond motifs is 1. The Morgan fingerprint density at radius 3 is 2.65 bits per heavy atom. The Labute approximate surface area is 118 Å². The van der Waals surface area contributed by atoms with E-state index in [4.69, 9.17) is 0 Å². The Hall–Kier alpha value is -1.97. The lowest BCUT2D eigenvalue weighted by atomic mass is 9.96. The van der Waals surface area contributed by atoms with Gasteiger partial charge in [0.25, 0.3) is 0 Å². The molecule has 1 atom stereocenters. The average molecular weight is 271 g/mol. The molecule has 0 spiro atoms. The molecule has 20 heavy (non-hydrogen) atoms. The molecule has 3 nitrogen and oxygen atoms in total. The zero-order valence-corrected chi connectivity index (χ0v) is 11.6. The van der Waals surface area contributed by atoms with E-state index in [0.717, 1.165) is 24.2 Å². The summed E-state index contributed by atoms with van der Waals surface area (Å²) in [5.41, 5.74) is 3.46. The number of nitrogens with one attached hydrogen (secondary N) is 1. The van der Waals surface area contributed by atoms with E-state index in [1.165, 1.54) is 36.2 Å². The molecular weight excluding hydrogens is 253 g/mol. The molecular formula is C16H18FN3. The third kappa shape index (κ3) is 2.64. The summed E-state index contributed by atoms with van der Waals surface area (Å²) < 4.78 is 13.0. The third-order valence-electron chi connectivity index (χ3n) is 3.85. The number of halogens is 1. The van der Waals surface area contributed by atoms with Crippen molar-refractivity contribution in [1.29, 1.82) is 0 Å². The van der Waals surface area contributed by atoms with Crippen LogP contribution in [0, 0.1) is 5.82 Å². The van der Waals surface area contributed by atoms with Crippen LogP contribution >= 0.6 is 0 Å². The van der Waals surface area contributed by atoms with Crippen molar-refractivity contribution in [3.63, 3.8) is 0 Å². The molecule has 0 fully saturated rings. The van der Waals surface area contributed by atoms with Gasteiger partial charge >= 0.3 is 0 Å². The van der Waals surface area contributed by atoms with E-state index in [1.807, 2.05) is 0 Å². The van der Waals surface area contributed by atoms with E-state index in [1.54, 1.807) is 18.5 Å². The maximum Gasteiger partial charge on any atom is 0.133 e. The van der Waals surface area contributed by atoms with Crippen LogP contribution in [0.25, 0.3) is 0 Å². The van der Waals surface area contributed by atoms with Gasteiger partial charge < -0.3 is 5.32 Å². The van der Waals surface area contributed by atoms with Crippen LogP contribution in [0.15, 0.2) is 30.6 Å². The zero-order chi connectivity index (χ0) is 13.9. The number of aromatic nitrogens is 2. The average Bonchev–Trinajstić information content (AvgIpc) is 2.48. The number of anilines is 1. The van der Waals surface area contributed by atoms with Crippen LogP contribution in [0.3, 0.4) is 0 Å². The lowest BCUT2D eigenvalue weighted by Crippen LogP contribution is -2.14. The standard InChI is InChI=1S/C16H18FN3/c1-11(12-6-8-13(17)9-7-12)20-16-14-4-2-3-5-15(14)18-10-19-16/h6-11H,2-5H2,1H3,(H,18,19,20). The topological polar surface area (TPSA) is 37.8 Å². The van der Waals surface area contributed by atoms with Crippen molar-refractivity contribution in [2.75, 3.05) is 5.32 Å². The van der Waals surface area contributed by atoms with Crippen molar-refractivity contribution >= 4 is 5.82 Å². The number of hydrogen-bond acceptors (Lipinski definition) is 3. The molecule has 3 rings (SSSR count). The summed E-state index contributed by atoms with van der Waals surface area (Å²) in [6.07, 6.45) is 6.10. The Morgan fingerprint density at radius 1 is 1.10 bits per heavy atom. The van der Waals surface area contributed by atoms with Crippen LogP contribution in [0.1, 0.15) is 42.6 Å². The summed E-state index contributed by atoms with van der Waals surface area (Å²) in [6, 6.07) is 6.68. The molecule has 1 N–H and O–H groups in total. The second-order valence-corrected chi connectivity index (χ2v) is 5.27. The lowest BCUT2D eigenvalue weighted by Gasteiger charge is -2.21. The molecule has 1 unspecified atom stereocenters. The first-order valence-corrected chi connectivity index (χ1v) is 7.09. The van der Waals surface area contributed by atoms with Crippen LogP contribution < -0.4 is 5.32 Å². The quantitative estimate of drug-likeness (QED) is 0.925. The predicted octanol–water partition coefficient (Wildman–Crippen LogP) is 3.67. The monoisotopic (exact) mass is 271 g/mol. The van der Waals surface area contributed by atoms with Gasteiger partial charge in [-0.2, -0.15) is 0 Å². The molecule has 1 aromatic carbocycles. The number of aryl methyl sites for hydroxylation is 1. The third-order valence-corrected chi connectivity index (χ3v) is 3.85. The largest absolute Gasteiger partial charge is 0.363 e. The van der Waals surface area contributed by atoms with Gasteiger partial charge in [0.05, 0.1) is 0 Å². The Bertz CT molecular complexity index is 595. The van der Waals surface area contributed by atoms with Gasteiger partial charge in [-0.3, -0.25) is 0 Å². The van der Waals surface area contributed by atoms with Crippen LogP contribution in [0.4, 0.5) is 10.2 Å². The highest BCUT2D eigenvalue weighted by Crippen LogP contribution is 2.27. The Morgan fingerprint density at radius 2 is 1.85 bits per heavy atom. The minimum Gasteiger partial charge on any atom is -0.363 e. The van der Waals surface area contributed by atoms with E-state index in [9.17, 15) is 4.39 Å². The second-order valence-electron chi connectivity index (χ2n) is 5.27. The predicted molar refractivity (Wildman–Crippen MR) is 77.1 cm³/mol. The normalized spacial score (nSPS) is 15.5. The van der Waals surface area contributed by atoms with Crippen molar-refractivity contribution in [1.82, 2.24) is 9.97 Å². The molecule has 1 heterocycles. The summed E-state index contributed by atoms with van der Waals surface area (Å²) in [5.74, 6) is 0.715. The van der Waals surface area contributed by atoms with Crippen molar-refractivity contribution in [3.8, 4) is 0 Å². The highest BCUT2D eigenvalue weighted by Gasteiger charge is 2.17. The summed E-state index contributed by atoms with van der Waals surface area (Å²) >= 11 is 0. The summed E-state index contributed by atoms with van der Waals surface area (Å²) in [7, 11) is 0. The van der Waals surface area contributed by atoms with Gasteiger partial charge in [-0.15, -0.1) is 0 Å². The van der Waals surface area contributed by atoms with E-state index >= 15 is 0 Å². The van der Waals surface area contributed by atoms with E-state index in [0.29, 0.717) is 0 Å². The van der Waals surface area contributed by atoms with E-state index in [-0.39, 0.29) is 11.9 Å². The molecule has 0 saturated carbocycles. The SMILES string of the molecule is CC(Nc1ncnc2c1CCCC2)c1ccc(F)cc1. The minimum absolute atomic E-state index is 0.0940. The lowest BCUT2D eigenvalue weighted by molar-refractivity contribution is 0.626. The number of hydrogen-bond donors (Lipinski definition) is 1. The summed E-state index contributed by atoms with van der Waals surface area (Å²) in [6.45, 7) is 2.06. The molecule has 0 amide bonds. The van der Waals surface area contributed by atoms with Gasteiger partial charge in [0.15, 0.2) is 0 Å². The van der Waals surface area contributed by atoms with Crippen LogP contribution in [-0.4, -0.2) is 9.97 Å². The van der Waals surface area contributed by atoms with Crippen molar-refractivity contribution in [2.45, 2.75) is 38.6 Å². The first kappa shape index (κ1) is 13.0. The van der Waals surface area contributed by atoms with Crippen LogP contribution in [-0.2, 0) is 12.8 Å². The van der Waals surface area contributed by atoms with Gasteiger partial charge in [-0.05, 0) is 50.3 Å². The molecule has 0 aliphatic heterocycles. The summed E-state index contributed by atoms with van der Waals surface area (Å²) in [5, 5.41) is 3.43. The Kier molecular flexibility index (Phi) is 3.63. The molecule has 2 aromatic rings. The smallest absolute Gasteiger partial charge is 0.133 e. The fraction of sp³-hybridized carbons (Fsp3) is 0.375. The molecule has 1 aliphatic carbocycles. The van der Waals surface area contributed by atoms with Crippen LogP contribution in [0.2, 0.25) is 0 Å². The van der Waals surface area contributed by atoms with E-state index in [2.05, 4.69) is 22.2 Å². The molecule has 0 bridgehead atoms. The van der Waals surface area contributed by atoms with Gasteiger partial charge in [-0.1, -0.05) is 12.1 Å². The molecule has 1 aromatic heterocycles. The first-order chi connectivity index (χ1) is 9.74. The number of benzene rings is 1. The highest BCUT2D eigenvalue weighted by atomic mass is 19.1. The maximum atomic E-state index is 13.0. The Balaban J connectivity index is 1.82. The number of nitrogens with zero attached hydrogens (tertiary/aromatic N) is 2. The zero-order valence-electron chi connectivity index (χ0n) is 11.6. The van der Waals surface area contributed by atoms with Gasteiger partial charge in [-0.25, -0.2) is 14.4 Å². The fourth-order valence-corrected chi connectivity index (χ4v) is 2.69. The molecule has 4 heteroatoms. The molecule has 104 valence electrons. The molecule has 0 radical (unpaired) electrons. The number of rotatable bonds is 3. The van der Waals surface area contributed by atoms with Gasteiger partial charge in [0.2, 0.25) is 0 Å². The van der Waals surface area contributed by atoms with Crippen molar-refractivity contribution in [3.05, 3.63) is 53.2 Å². The highest BCUT2D eigenvalue weighted by molar-refractivity contribution is 5.48. The van der Waals surface area contributed by atoms with E-state index < -0.39 is 0 Å². The summed E-state index contributed by atoms with van der Waals surface area (Å²) in [4.78, 5) is 8.75. The van der Waals surface area contributed by atoms with Gasteiger partial charge in [0, 0.05) is 17.3 Å². The second kappa shape index (κ2) is 5.57. The fourth-order valence-electron chi connectivity index (χ4n) is 2.69. The molecule has 1 aliphatic rings.